The molecule has 0 N–H and O–H groups in total. The van der Waals surface area contributed by atoms with Crippen LogP contribution in [0.3, 0.4) is 0 Å². The smallest absolute Gasteiger partial charge is 0.215 e. The number of nitrogens with zero attached hydrogens (tertiary/aromatic N) is 2. The highest BCUT2D eigenvalue weighted by molar-refractivity contribution is 5.84. The Morgan fingerprint density at radius 1 is 0.500 bits per heavy atom. The van der Waals surface area contributed by atoms with Crippen LogP contribution in [-0.4, -0.2) is 4.70 Å². The SMILES string of the molecule is CCCCCCCCCCCCCC=CC1=C(c2cc(C)cc(C)c2)[N+](=[N-])C(c2cc(CCCC)cc(CCCC)c2)=C1CCCCC. The van der Waals surface area contributed by atoms with Gasteiger partial charge in [-0.1, -0.05) is 153 Å². The minimum atomic E-state index is 0.951. The van der Waals surface area contributed by atoms with Crippen LogP contribution < -0.4 is 0 Å². The van der Waals surface area contributed by atoms with E-state index in [1.165, 1.54) is 148 Å². The summed E-state index contributed by atoms with van der Waals surface area (Å²) in [5.41, 5.74) is 24.3. The molecule has 2 aromatic carbocycles. The van der Waals surface area contributed by atoms with E-state index in [0.29, 0.717) is 0 Å². The lowest BCUT2D eigenvalue weighted by molar-refractivity contribution is -0.345. The molecule has 1 aliphatic heterocycles. The van der Waals surface area contributed by atoms with Gasteiger partial charge in [-0.2, -0.15) is 0 Å². The minimum Gasteiger partial charge on any atom is -0.493 e. The van der Waals surface area contributed by atoms with Gasteiger partial charge in [0, 0.05) is 16.7 Å². The molecule has 0 saturated heterocycles. The Balaban J connectivity index is 1.90. The van der Waals surface area contributed by atoms with Crippen LogP contribution in [0.15, 0.2) is 59.7 Å². The molecule has 2 heteroatoms. The molecule has 0 saturated carbocycles. The van der Waals surface area contributed by atoms with Crippen molar-refractivity contribution in [3.8, 4) is 0 Å². The highest BCUT2D eigenvalue weighted by atomic mass is 15.2. The van der Waals surface area contributed by atoms with Gasteiger partial charge in [-0.05, 0) is 101 Å². The van der Waals surface area contributed by atoms with Crippen molar-refractivity contribution in [2.75, 3.05) is 0 Å². The number of benzene rings is 2. The van der Waals surface area contributed by atoms with E-state index in [1.807, 2.05) is 0 Å². The first-order chi connectivity index (χ1) is 23.4. The van der Waals surface area contributed by atoms with Crippen molar-refractivity contribution in [2.45, 2.75) is 183 Å². The molecule has 2 aromatic rings. The third-order valence-corrected chi connectivity index (χ3v) is 10.0. The molecule has 0 aliphatic carbocycles. The fourth-order valence-corrected chi connectivity index (χ4v) is 7.37. The number of rotatable bonds is 25. The van der Waals surface area contributed by atoms with E-state index in [9.17, 15) is 5.53 Å². The minimum absolute atomic E-state index is 0.951. The standard InChI is InChI=1S/C46H70N2/c1-7-11-15-16-17-18-19-20-21-22-23-24-26-30-44-43(29-25-12-8-2)46(48(47)45(44)41-32-37(5)31-38(6)33-41)42-35-39(27-13-9-3)34-40(36-42)28-14-10-4/h26,30-36H,7-25,27-29H2,1-6H3. The lowest BCUT2D eigenvalue weighted by Gasteiger charge is -2.13. The first-order valence-electron chi connectivity index (χ1n) is 20.3. The monoisotopic (exact) mass is 651 g/mol. The number of allylic oxidation sites excluding steroid dienone is 4. The first-order valence-corrected chi connectivity index (χ1v) is 20.3. The molecular weight excluding hydrogens is 581 g/mol. The molecule has 0 fully saturated rings. The summed E-state index contributed by atoms with van der Waals surface area (Å²) in [6, 6.07) is 13.9. The third-order valence-electron chi connectivity index (χ3n) is 10.0. The van der Waals surface area contributed by atoms with E-state index in [1.54, 1.807) is 4.70 Å². The van der Waals surface area contributed by atoms with Crippen LogP contribution in [0, 0.1) is 13.8 Å². The molecule has 264 valence electrons. The Morgan fingerprint density at radius 3 is 1.52 bits per heavy atom. The van der Waals surface area contributed by atoms with Gasteiger partial charge in [0.05, 0.1) is 5.57 Å². The van der Waals surface area contributed by atoms with Crippen LogP contribution in [0.2, 0.25) is 0 Å². The molecule has 0 atom stereocenters. The second kappa shape index (κ2) is 22.8. The van der Waals surface area contributed by atoms with Gasteiger partial charge >= 0.3 is 0 Å². The maximum atomic E-state index is 12.3. The van der Waals surface area contributed by atoms with Gasteiger partial charge < -0.3 is 5.53 Å². The Kier molecular flexibility index (Phi) is 18.9. The summed E-state index contributed by atoms with van der Waals surface area (Å²) in [6.07, 6.45) is 32.4. The van der Waals surface area contributed by atoms with Crippen LogP contribution >= 0.6 is 0 Å². The van der Waals surface area contributed by atoms with E-state index in [4.69, 9.17) is 0 Å². The molecule has 0 bridgehead atoms. The summed E-state index contributed by atoms with van der Waals surface area (Å²) < 4.78 is 1.57. The Bertz CT molecular complexity index is 1310. The van der Waals surface area contributed by atoms with Crippen molar-refractivity contribution in [1.29, 1.82) is 0 Å². The summed E-state index contributed by atoms with van der Waals surface area (Å²) in [7, 11) is 0. The predicted molar refractivity (Wildman–Crippen MR) is 211 cm³/mol. The fraction of sp³-hybridized carbons (Fsp3) is 0.609. The van der Waals surface area contributed by atoms with E-state index >= 15 is 0 Å². The summed E-state index contributed by atoms with van der Waals surface area (Å²) in [5, 5.41) is 0. The quantitative estimate of drug-likeness (QED) is 0.0755. The maximum Gasteiger partial charge on any atom is 0.215 e. The first kappa shape index (κ1) is 39.7. The number of hydrogen-bond acceptors (Lipinski definition) is 0. The molecule has 0 amide bonds. The van der Waals surface area contributed by atoms with Crippen molar-refractivity contribution in [3.63, 3.8) is 0 Å². The van der Waals surface area contributed by atoms with Gasteiger partial charge in [-0.25, -0.2) is 4.70 Å². The summed E-state index contributed by atoms with van der Waals surface area (Å²) in [6.45, 7) is 13.5. The number of hydrogen-bond donors (Lipinski definition) is 0. The van der Waals surface area contributed by atoms with Crippen LogP contribution in [0.1, 0.15) is 189 Å². The molecule has 1 aliphatic rings. The molecule has 3 rings (SSSR count). The average molecular weight is 651 g/mol. The van der Waals surface area contributed by atoms with Crippen molar-refractivity contribution < 1.29 is 4.70 Å². The molecular formula is C46H70N2. The van der Waals surface area contributed by atoms with Gasteiger partial charge in [0.1, 0.15) is 0 Å². The second-order valence-corrected chi connectivity index (χ2v) is 14.7. The van der Waals surface area contributed by atoms with Gasteiger partial charge in [0.15, 0.2) is 0 Å². The zero-order valence-corrected chi connectivity index (χ0v) is 32.1. The highest BCUT2D eigenvalue weighted by Crippen LogP contribution is 2.44. The number of aryl methyl sites for hydroxylation is 4. The molecule has 0 unspecified atom stereocenters. The van der Waals surface area contributed by atoms with E-state index in [0.717, 1.165) is 49.1 Å². The molecule has 0 radical (unpaired) electrons. The normalized spacial score (nSPS) is 13.6. The molecule has 48 heavy (non-hydrogen) atoms. The number of unbranched alkanes of at least 4 members (excludes halogenated alkanes) is 15. The summed E-state index contributed by atoms with van der Waals surface area (Å²) in [5.74, 6) is 0. The van der Waals surface area contributed by atoms with Gasteiger partial charge in [0.2, 0.25) is 11.4 Å². The zero-order chi connectivity index (χ0) is 34.6. The van der Waals surface area contributed by atoms with Gasteiger partial charge in [-0.15, -0.1) is 0 Å². The van der Waals surface area contributed by atoms with Crippen molar-refractivity contribution in [2.24, 2.45) is 0 Å². The van der Waals surface area contributed by atoms with Crippen molar-refractivity contribution in [1.82, 2.24) is 0 Å². The van der Waals surface area contributed by atoms with Crippen LogP contribution in [0.25, 0.3) is 16.9 Å². The second-order valence-electron chi connectivity index (χ2n) is 14.7. The molecule has 2 nitrogen and oxygen atoms in total. The predicted octanol–water partition coefficient (Wildman–Crippen LogP) is 15.0. The van der Waals surface area contributed by atoms with E-state index in [2.05, 4.69) is 90.1 Å². The van der Waals surface area contributed by atoms with Crippen molar-refractivity contribution >= 4 is 11.4 Å². The fourth-order valence-electron chi connectivity index (χ4n) is 7.37. The molecule has 0 aromatic heterocycles. The zero-order valence-electron chi connectivity index (χ0n) is 32.1. The topological polar surface area (TPSA) is 25.3 Å². The Hall–Kier alpha value is -2.74. The lowest BCUT2D eigenvalue weighted by Crippen LogP contribution is -2.04. The van der Waals surface area contributed by atoms with Crippen molar-refractivity contribution in [3.05, 3.63) is 98.6 Å². The molecule has 0 spiro atoms. The van der Waals surface area contributed by atoms with Gasteiger partial charge in [0.25, 0.3) is 0 Å². The largest absolute Gasteiger partial charge is 0.493 e. The molecule has 1 heterocycles. The Labute approximate surface area is 296 Å². The lowest BCUT2D eigenvalue weighted by atomic mass is 9.92. The Morgan fingerprint density at radius 2 is 0.979 bits per heavy atom. The summed E-state index contributed by atoms with van der Waals surface area (Å²) in [4.78, 5) is 0. The average Bonchev–Trinajstić information content (AvgIpc) is 3.34. The third kappa shape index (κ3) is 12.9. The van der Waals surface area contributed by atoms with Crippen LogP contribution in [-0.2, 0) is 12.8 Å². The highest BCUT2D eigenvalue weighted by Gasteiger charge is 2.35. The van der Waals surface area contributed by atoms with Crippen LogP contribution in [0.5, 0.6) is 0 Å². The van der Waals surface area contributed by atoms with Gasteiger partial charge in [-0.3, -0.25) is 0 Å². The van der Waals surface area contributed by atoms with E-state index in [-0.39, 0.29) is 0 Å². The van der Waals surface area contributed by atoms with E-state index < -0.39 is 0 Å². The summed E-state index contributed by atoms with van der Waals surface area (Å²) >= 11 is 0. The maximum absolute atomic E-state index is 12.3. The van der Waals surface area contributed by atoms with Crippen LogP contribution in [0.4, 0.5) is 0 Å².